The van der Waals surface area contributed by atoms with Crippen molar-refractivity contribution in [1.29, 1.82) is 0 Å². The van der Waals surface area contributed by atoms with Crippen molar-refractivity contribution in [2.45, 2.75) is 24.6 Å². The van der Waals surface area contributed by atoms with Crippen LogP contribution in [-0.4, -0.2) is 91.7 Å². The number of nitrogens with zero attached hydrogens (tertiary/aromatic N) is 3. The monoisotopic (exact) mass is 282 g/mol. The number of piperazine rings is 1. The summed E-state index contributed by atoms with van der Waals surface area (Å²) in [7, 11) is 3.67. The van der Waals surface area contributed by atoms with E-state index in [1.54, 1.807) is 7.11 Å². The number of nitrogens with one attached hydrogen (secondary N) is 1. The lowest BCUT2D eigenvalue weighted by Crippen LogP contribution is -2.56. The predicted molar refractivity (Wildman–Crippen MR) is 72.3 cm³/mol. The molecule has 1 N–H and O–H groups in total. The van der Waals surface area contributed by atoms with E-state index < -0.39 is 0 Å². The second-order valence-electron chi connectivity index (χ2n) is 5.87. The molecule has 0 saturated carbocycles. The van der Waals surface area contributed by atoms with Crippen molar-refractivity contribution < 1.29 is 14.3 Å². The summed E-state index contributed by atoms with van der Waals surface area (Å²) in [6.45, 7) is 3.34. The highest BCUT2D eigenvalue weighted by Gasteiger charge is 2.41. The quantitative estimate of drug-likeness (QED) is 0.701. The molecular formula is C13H22N4O3. The van der Waals surface area contributed by atoms with Crippen LogP contribution in [0.25, 0.3) is 0 Å². The van der Waals surface area contributed by atoms with E-state index >= 15 is 0 Å². The molecular weight excluding hydrogens is 260 g/mol. The number of methoxy groups -OCH3 is 1. The maximum Gasteiger partial charge on any atom is 0.317 e. The van der Waals surface area contributed by atoms with Crippen molar-refractivity contribution in [3.05, 3.63) is 0 Å². The van der Waals surface area contributed by atoms with Gasteiger partial charge in [-0.1, -0.05) is 0 Å². The average Bonchev–Trinajstić information content (AvgIpc) is 3.01. The number of urea groups is 1. The molecule has 1 unspecified atom stereocenters. The average molecular weight is 282 g/mol. The first-order valence-corrected chi connectivity index (χ1v) is 7.16. The number of fused-ring (bicyclic) bond motifs is 1. The summed E-state index contributed by atoms with van der Waals surface area (Å²) in [5.41, 5.74) is 0. The number of likely N-dealkylation sites (tertiary alicyclic amines) is 1. The number of ether oxygens (including phenoxy) is 1. The number of amides is 3. The third-order valence-corrected chi connectivity index (χ3v) is 4.67. The van der Waals surface area contributed by atoms with Crippen LogP contribution in [0.3, 0.4) is 0 Å². The van der Waals surface area contributed by atoms with Crippen molar-refractivity contribution in [1.82, 2.24) is 20.0 Å². The zero-order valence-corrected chi connectivity index (χ0v) is 12.0. The van der Waals surface area contributed by atoms with Crippen LogP contribution in [0, 0.1) is 0 Å². The van der Waals surface area contributed by atoms with Crippen molar-refractivity contribution in [2.24, 2.45) is 0 Å². The molecule has 3 aliphatic rings. The van der Waals surface area contributed by atoms with Gasteiger partial charge in [0.05, 0.1) is 18.2 Å². The number of carbonyl (C=O) groups is 2. The van der Waals surface area contributed by atoms with Crippen molar-refractivity contribution in [3.8, 4) is 0 Å². The molecule has 3 amide bonds. The van der Waals surface area contributed by atoms with Gasteiger partial charge in [0.15, 0.2) is 0 Å². The fourth-order valence-corrected chi connectivity index (χ4v) is 3.43. The van der Waals surface area contributed by atoms with Gasteiger partial charge in [0.1, 0.15) is 0 Å². The van der Waals surface area contributed by atoms with Crippen LogP contribution < -0.4 is 5.32 Å². The normalized spacial score (nSPS) is 34.3. The molecule has 3 atom stereocenters. The van der Waals surface area contributed by atoms with E-state index in [1.807, 2.05) is 16.8 Å². The van der Waals surface area contributed by atoms with Crippen molar-refractivity contribution in [3.63, 3.8) is 0 Å². The third kappa shape index (κ3) is 2.25. The van der Waals surface area contributed by atoms with E-state index in [0.29, 0.717) is 26.2 Å². The number of rotatable bonds is 2. The highest BCUT2D eigenvalue weighted by Crippen LogP contribution is 2.22. The molecule has 3 saturated heterocycles. The first-order valence-electron chi connectivity index (χ1n) is 7.16. The topological polar surface area (TPSA) is 65.1 Å². The molecule has 7 heteroatoms. The maximum atomic E-state index is 12.6. The molecule has 3 fully saturated rings. The van der Waals surface area contributed by atoms with Gasteiger partial charge in [-0.25, -0.2) is 4.79 Å². The summed E-state index contributed by atoms with van der Waals surface area (Å²) in [5.74, 6) is 0.172. The van der Waals surface area contributed by atoms with Gasteiger partial charge in [-0.3, -0.25) is 9.69 Å². The lowest BCUT2D eigenvalue weighted by atomic mass is 10.1. The van der Waals surface area contributed by atoms with Gasteiger partial charge >= 0.3 is 6.03 Å². The fourth-order valence-electron chi connectivity index (χ4n) is 3.43. The molecule has 0 aromatic carbocycles. The Kier molecular flexibility index (Phi) is 3.55. The molecule has 0 spiro atoms. The molecule has 7 nitrogen and oxygen atoms in total. The Balaban J connectivity index is 1.62. The first kappa shape index (κ1) is 13.6. The highest BCUT2D eigenvalue weighted by molar-refractivity contribution is 5.83. The summed E-state index contributed by atoms with van der Waals surface area (Å²) in [4.78, 5) is 30.0. The number of hydrogen-bond acceptors (Lipinski definition) is 4. The molecule has 3 rings (SSSR count). The van der Waals surface area contributed by atoms with E-state index in [1.165, 1.54) is 0 Å². The van der Waals surface area contributed by atoms with Crippen LogP contribution >= 0.6 is 0 Å². The fraction of sp³-hybridized carbons (Fsp3) is 0.846. The Morgan fingerprint density at radius 1 is 1.35 bits per heavy atom. The number of likely N-dealkylation sites (N-methyl/N-ethyl adjacent to an activating group) is 1. The van der Waals surface area contributed by atoms with E-state index in [9.17, 15) is 9.59 Å². The summed E-state index contributed by atoms with van der Waals surface area (Å²) in [6, 6.07) is 0.0428. The smallest absolute Gasteiger partial charge is 0.317 e. The Morgan fingerprint density at radius 2 is 2.15 bits per heavy atom. The summed E-state index contributed by atoms with van der Waals surface area (Å²) >= 11 is 0. The van der Waals surface area contributed by atoms with E-state index in [0.717, 1.165) is 13.0 Å². The molecule has 0 aliphatic carbocycles. The van der Waals surface area contributed by atoms with Gasteiger partial charge < -0.3 is 19.9 Å². The van der Waals surface area contributed by atoms with Crippen LogP contribution in [-0.2, 0) is 9.53 Å². The largest absolute Gasteiger partial charge is 0.380 e. The summed E-state index contributed by atoms with van der Waals surface area (Å²) < 4.78 is 5.36. The zero-order chi connectivity index (χ0) is 14.3. The lowest BCUT2D eigenvalue weighted by molar-refractivity contribution is -0.137. The molecule has 0 radical (unpaired) electrons. The van der Waals surface area contributed by atoms with Gasteiger partial charge in [0.2, 0.25) is 5.91 Å². The van der Waals surface area contributed by atoms with Gasteiger partial charge in [0, 0.05) is 39.8 Å². The van der Waals surface area contributed by atoms with E-state index in [2.05, 4.69) is 10.2 Å². The third-order valence-electron chi connectivity index (χ3n) is 4.67. The molecule has 112 valence electrons. The minimum atomic E-state index is -0.0865. The molecule has 3 aliphatic heterocycles. The Morgan fingerprint density at radius 3 is 2.85 bits per heavy atom. The van der Waals surface area contributed by atoms with Gasteiger partial charge in [-0.2, -0.15) is 0 Å². The Labute approximate surface area is 118 Å². The maximum absolute atomic E-state index is 12.6. The van der Waals surface area contributed by atoms with Gasteiger partial charge in [-0.15, -0.1) is 0 Å². The van der Waals surface area contributed by atoms with E-state index in [-0.39, 0.29) is 30.1 Å². The van der Waals surface area contributed by atoms with Crippen LogP contribution in [0.2, 0.25) is 0 Å². The minimum Gasteiger partial charge on any atom is -0.380 e. The van der Waals surface area contributed by atoms with Gasteiger partial charge in [-0.05, 0) is 13.5 Å². The first-order chi connectivity index (χ1) is 9.60. The molecule has 3 heterocycles. The van der Waals surface area contributed by atoms with Crippen LogP contribution in [0.4, 0.5) is 4.79 Å². The number of carbonyl (C=O) groups excluding carboxylic acids is 2. The number of hydrogen-bond donors (Lipinski definition) is 1. The second kappa shape index (κ2) is 5.21. The van der Waals surface area contributed by atoms with Gasteiger partial charge in [0.25, 0.3) is 0 Å². The van der Waals surface area contributed by atoms with Crippen LogP contribution in [0.1, 0.15) is 6.42 Å². The SMILES string of the molecule is CO[C@H]1C[C@@H](C(=O)N2CCN3C(=O)NCC3C2)N(C)C1. The standard InChI is InChI=1S/C13H22N4O3/c1-15-8-10(20-2)5-11(15)12(18)16-3-4-17-9(7-16)6-14-13(17)19/h9-11H,3-8H2,1-2H3,(H,14,19)/t9?,10-,11-/m0/s1. The summed E-state index contributed by atoms with van der Waals surface area (Å²) in [6.07, 6.45) is 0.901. The Hall–Kier alpha value is -1.34. The molecule has 20 heavy (non-hydrogen) atoms. The summed E-state index contributed by atoms with van der Waals surface area (Å²) in [5, 5.41) is 2.83. The van der Waals surface area contributed by atoms with Crippen LogP contribution in [0.15, 0.2) is 0 Å². The van der Waals surface area contributed by atoms with Crippen molar-refractivity contribution in [2.75, 3.05) is 46.9 Å². The predicted octanol–water partition coefficient (Wildman–Crippen LogP) is -1.06. The zero-order valence-electron chi connectivity index (χ0n) is 12.0. The van der Waals surface area contributed by atoms with Crippen LogP contribution in [0.5, 0.6) is 0 Å². The highest BCUT2D eigenvalue weighted by atomic mass is 16.5. The second-order valence-corrected chi connectivity index (χ2v) is 5.87. The van der Waals surface area contributed by atoms with E-state index in [4.69, 9.17) is 4.74 Å². The minimum absolute atomic E-state index is 0.000435. The lowest BCUT2D eigenvalue weighted by Gasteiger charge is -2.38. The van der Waals surface area contributed by atoms with Crippen molar-refractivity contribution >= 4 is 11.9 Å². The molecule has 0 bridgehead atoms. The molecule has 0 aromatic rings. The molecule has 0 aromatic heterocycles. The Bertz CT molecular complexity index is 416.